The molecular weight excluding hydrogens is 208 g/mol. The molecule has 1 aliphatic rings. The summed E-state index contributed by atoms with van der Waals surface area (Å²) in [6, 6.07) is 8.86. The van der Waals surface area contributed by atoms with E-state index in [9.17, 15) is 0 Å². The van der Waals surface area contributed by atoms with Crippen LogP contribution >= 0.6 is 0 Å². The van der Waals surface area contributed by atoms with Crippen molar-refractivity contribution >= 4 is 5.69 Å². The number of nitriles is 1. The lowest BCUT2D eigenvalue weighted by Gasteiger charge is -2.28. The summed E-state index contributed by atoms with van der Waals surface area (Å²) in [6.07, 6.45) is 5.09. The molecule has 1 fully saturated rings. The standard InChI is InChI=1S/C15H20N2/c1-11-4-3-5-14(9-11)17-15-7-6-12(2)8-13(15)10-16/h6-8,11,14,17H,3-5,9H2,1-2H3. The van der Waals surface area contributed by atoms with Crippen LogP contribution in [0.4, 0.5) is 5.69 Å². The zero-order chi connectivity index (χ0) is 12.3. The Balaban J connectivity index is 2.10. The molecule has 1 aromatic rings. The molecule has 2 atom stereocenters. The highest BCUT2D eigenvalue weighted by molar-refractivity contribution is 5.59. The lowest BCUT2D eigenvalue weighted by Crippen LogP contribution is -2.26. The van der Waals surface area contributed by atoms with Crippen LogP contribution in [-0.2, 0) is 0 Å². The first-order valence-electron chi connectivity index (χ1n) is 6.46. The van der Waals surface area contributed by atoms with Crippen molar-refractivity contribution in [1.29, 1.82) is 5.26 Å². The van der Waals surface area contributed by atoms with Gasteiger partial charge in [0.1, 0.15) is 6.07 Å². The number of nitrogens with zero attached hydrogens (tertiary/aromatic N) is 1. The van der Waals surface area contributed by atoms with Crippen LogP contribution in [0.1, 0.15) is 43.7 Å². The Morgan fingerprint density at radius 3 is 2.88 bits per heavy atom. The molecule has 0 aromatic heterocycles. The molecule has 1 aromatic carbocycles. The number of benzene rings is 1. The molecule has 0 amide bonds. The molecule has 0 radical (unpaired) electrons. The van der Waals surface area contributed by atoms with E-state index in [2.05, 4.69) is 24.4 Å². The normalized spacial score (nSPS) is 24.1. The zero-order valence-corrected chi connectivity index (χ0v) is 10.7. The fourth-order valence-electron chi connectivity index (χ4n) is 2.66. The first-order valence-corrected chi connectivity index (χ1v) is 6.46. The Morgan fingerprint density at radius 1 is 1.35 bits per heavy atom. The van der Waals surface area contributed by atoms with E-state index in [-0.39, 0.29) is 0 Å². The predicted octanol–water partition coefficient (Wildman–Crippen LogP) is 3.86. The molecule has 0 saturated heterocycles. The molecule has 2 heteroatoms. The molecule has 1 aliphatic carbocycles. The van der Waals surface area contributed by atoms with Crippen LogP contribution in [0, 0.1) is 24.2 Å². The number of anilines is 1. The summed E-state index contributed by atoms with van der Waals surface area (Å²) in [5.41, 5.74) is 2.91. The zero-order valence-electron chi connectivity index (χ0n) is 10.7. The number of rotatable bonds is 2. The number of aryl methyl sites for hydroxylation is 1. The molecule has 0 bridgehead atoms. The summed E-state index contributed by atoms with van der Waals surface area (Å²) < 4.78 is 0. The first-order chi connectivity index (χ1) is 8.19. The van der Waals surface area contributed by atoms with Gasteiger partial charge in [0, 0.05) is 6.04 Å². The molecule has 2 rings (SSSR count). The lowest BCUT2D eigenvalue weighted by atomic mass is 9.87. The molecular formula is C15H20N2. The molecule has 90 valence electrons. The van der Waals surface area contributed by atoms with Crippen molar-refractivity contribution in [3.8, 4) is 6.07 Å². The monoisotopic (exact) mass is 228 g/mol. The minimum Gasteiger partial charge on any atom is -0.381 e. The maximum absolute atomic E-state index is 9.13. The Morgan fingerprint density at radius 2 is 2.18 bits per heavy atom. The fraction of sp³-hybridized carbons (Fsp3) is 0.533. The maximum Gasteiger partial charge on any atom is 0.101 e. The highest BCUT2D eigenvalue weighted by Crippen LogP contribution is 2.27. The summed E-state index contributed by atoms with van der Waals surface area (Å²) in [5, 5.41) is 12.7. The second-order valence-corrected chi connectivity index (χ2v) is 5.27. The van der Waals surface area contributed by atoms with Crippen LogP contribution in [-0.4, -0.2) is 6.04 Å². The Labute approximate surface area is 104 Å². The first kappa shape index (κ1) is 12.0. The van der Waals surface area contributed by atoms with Crippen LogP contribution in [0.5, 0.6) is 0 Å². The third kappa shape index (κ3) is 3.00. The Hall–Kier alpha value is -1.49. The van der Waals surface area contributed by atoms with E-state index < -0.39 is 0 Å². The molecule has 2 nitrogen and oxygen atoms in total. The second kappa shape index (κ2) is 5.23. The highest BCUT2D eigenvalue weighted by Gasteiger charge is 2.19. The summed E-state index contributed by atoms with van der Waals surface area (Å²) in [7, 11) is 0. The van der Waals surface area contributed by atoms with E-state index in [1.54, 1.807) is 0 Å². The molecule has 17 heavy (non-hydrogen) atoms. The number of hydrogen-bond donors (Lipinski definition) is 1. The Kier molecular flexibility index (Phi) is 3.68. The Bertz CT molecular complexity index is 431. The molecule has 1 saturated carbocycles. The van der Waals surface area contributed by atoms with Crippen LogP contribution in [0.2, 0.25) is 0 Å². The SMILES string of the molecule is Cc1ccc(NC2CCCC(C)C2)c(C#N)c1. The fourth-order valence-corrected chi connectivity index (χ4v) is 2.66. The topological polar surface area (TPSA) is 35.8 Å². The van der Waals surface area contributed by atoms with Crippen LogP contribution in [0.15, 0.2) is 18.2 Å². The predicted molar refractivity (Wildman–Crippen MR) is 70.9 cm³/mol. The van der Waals surface area contributed by atoms with Gasteiger partial charge in [-0.3, -0.25) is 0 Å². The van der Waals surface area contributed by atoms with Gasteiger partial charge in [0.15, 0.2) is 0 Å². The van der Waals surface area contributed by atoms with Gasteiger partial charge in [0.25, 0.3) is 0 Å². The van der Waals surface area contributed by atoms with E-state index in [0.717, 1.165) is 22.7 Å². The van der Waals surface area contributed by atoms with Crippen molar-refractivity contribution in [3.05, 3.63) is 29.3 Å². The van der Waals surface area contributed by atoms with Gasteiger partial charge in [0.05, 0.1) is 11.3 Å². The van der Waals surface area contributed by atoms with Gasteiger partial charge in [-0.25, -0.2) is 0 Å². The van der Waals surface area contributed by atoms with E-state index in [1.165, 1.54) is 25.7 Å². The van der Waals surface area contributed by atoms with Gasteiger partial charge in [-0.2, -0.15) is 5.26 Å². The minimum absolute atomic E-state index is 0.536. The van der Waals surface area contributed by atoms with E-state index in [4.69, 9.17) is 5.26 Å². The molecule has 0 spiro atoms. The molecule has 2 unspecified atom stereocenters. The summed E-state index contributed by atoms with van der Waals surface area (Å²) in [5.74, 6) is 0.803. The van der Waals surface area contributed by atoms with Crippen molar-refractivity contribution in [1.82, 2.24) is 0 Å². The number of nitrogens with one attached hydrogen (secondary N) is 1. The van der Waals surface area contributed by atoms with Crippen molar-refractivity contribution in [2.75, 3.05) is 5.32 Å². The molecule has 0 aliphatic heterocycles. The summed E-state index contributed by atoms with van der Waals surface area (Å²) in [6.45, 7) is 4.33. The quantitative estimate of drug-likeness (QED) is 0.834. The summed E-state index contributed by atoms with van der Waals surface area (Å²) in [4.78, 5) is 0. The van der Waals surface area contributed by atoms with Crippen molar-refractivity contribution in [3.63, 3.8) is 0 Å². The van der Waals surface area contributed by atoms with Gasteiger partial charge in [-0.15, -0.1) is 0 Å². The molecule has 1 N–H and O–H groups in total. The van der Waals surface area contributed by atoms with Gasteiger partial charge in [-0.05, 0) is 43.4 Å². The third-order valence-electron chi connectivity index (χ3n) is 3.59. The van der Waals surface area contributed by atoms with Gasteiger partial charge in [-0.1, -0.05) is 25.8 Å². The van der Waals surface area contributed by atoms with Gasteiger partial charge >= 0.3 is 0 Å². The van der Waals surface area contributed by atoms with Crippen molar-refractivity contribution < 1.29 is 0 Å². The third-order valence-corrected chi connectivity index (χ3v) is 3.59. The summed E-state index contributed by atoms with van der Waals surface area (Å²) >= 11 is 0. The van der Waals surface area contributed by atoms with Crippen molar-refractivity contribution in [2.45, 2.75) is 45.6 Å². The van der Waals surface area contributed by atoms with E-state index in [1.807, 2.05) is 19.1 Å². The lowest BCUT2D eigenvalue weighted by molar-refractivity contribution is 0.358. The van der Waals surface area contributed by atoms with Crippen LogP contribution in [0.25, 0.3) is 0 Å². The molecule has 0 heterocycles. The van der Waals surface area contributed by atoms with E-state index >= 15 is 0 Å². The highest BCUT2D eigenvalue weighted by atomic mass is 14.9. The van der Waals surface area contributed by atoms with Crippen LogP contribution < -0.4 is 5.32 Å². The van der Waals surface area contributed by atoms with Gasteiger partial charge in [0.2, 0.25) is 0 Å². The smallest absolute Gasteiger partial charge is 0.101 e. The number of hydrogen-bond acceptors (Lipinski definition) is 2. The van der Waals surface area contributed by atoms with Crippen LogP contribution in [0.3, 0.4) is 0 Å². The average molecular weight is 228 g/mol. The average Bonchev–Trinajstić information content (AvgIpc) is 2.31. The largest absolute Gasteiger partial charge is 0.381 e. The van der Waals surface area contributed by atoms with Crippen molar-refractivity contribution in [2.24, 2.45) is 5.92 Å². The van der Waals surface area contributed by atoms with Gasteiger partial charge < -0.3 is 5.32 Å². The minimum atomic E-state index is 0.536. The second-order valence-electron chi connectivity index (χ2n) is 5.27. The maximum atomic E-state index is 9.13. The van der Waals surface area contributed by atoms with E-state index in [0.29, 0.717) is 6.04 Å².